The van der Waals surface area contributed by atoms with E-state index in [1.165, 1.54) is 5.56 Å². The summed E-state index contributed by atoms with van der Waals surface area (Å²) in [4.78, 5) is 10.7. The molecule has 0 aliphatic carbocycles. The van der Waals surface area contributed by atoms with Crippen LogP contribution in [0.3, 0.4) is 0 Å². The monoisotopic (exact) mass is 649 g/mol. The molecule has 0 aliphatic heterocycles. The first-order valence-electron chi connectivity index (χ1n) is 16.9. The van der Waals surface area contributed by atoms with Crippen molar-refractivity contribution in [1.82, 2.24) is 23.5 Å². The van der Waals surface area contributed by atoms with Gasteiger partial charge in [0.25, 0.3) is 0 Å². The number of para-hydroxylation sites is 5. The Bertz CT molecular complexity index is 2690. The summed E-state index contributed by atoms with van der Waals surface area (Å²) >= 11 is 0. The molecule has 3 aromatic heterocycles. The van der Waals surface area contributed by atoms with E-state index in [0.717, 1.165) is 67.3 Å². The predicted molar refractivity (Wildman–Crippen MR) is 203 cm³/mol. The van der Waals surface area contributed by atoms with Crippen molar-refractivity contribution in [2.45, 2.75) is 26.2 Å². The molecule has 0 aliphatic rings. The SMILES string of the molecule is CC(C)(C)c1ccc(-n2cc(-c3ccccc3)nc2-c2cccc3c2nc2n(-c4ccccc4O)c4ccccc4n32)c(-c2ccccc2)c1. The van der Waals surface area contributed by atoms with Gasteiger partial charge in [-0.05, 0) is 65.1 Å². The molecule has 0 atom stereocenters. The highest BCUT2D eigenvalue weighted by Crippen LogP contribution is 2.39. The Labute approximate surface area is 290 Å². The summed E-state index contributed by atoms with van der Waals surface area (Å²) < 4.78 is 6.44. The lowest BCUT2D eigenvalue weighted by Gasteiger charge is -2.22. The third-order valence-corrected chi connectivity index (χ3v) is 9.58. The maximum atomic E-state index is 11.0. The molecule has 50 heavy (non-hydrogen) atoms. The number of hydrogen-bond acceptors (Lipinski definition) is 3. The molecule has 9 rings (SSSR count). The van der Waals surface area contributed by atoms with Gasteiger partial charge in [0.1, 0.15) is 17.1 Å². The zero-order valence-electron chi connectivity index (χ0n) is 28.1. The van der Waals surface area contributed by atoms with Gasteiger partial charge < -0.3 is 5.11 Å². The van der Waals surface area contributed by atoms with Crippen molar-refractivity contribution < 1.29 is 5.11 Å². The maximum Gasteiger partial charge on any atom is 0.220 e. The topological polar surface area (TPSA) is 60.3 Å². The van der Waals surface area contributed by atoms with Crippen LogP contribution in [0, 0.1) is 0 Å². The van der Waals surface area contributed by atoms with Crippen molar-refractivity contribution >= 4 is 27.8 Å². The molecule has 0 saturated carbocycles. The summed E-state index contributed by atoms with van der Waals surface area (Å²) in [5, 5.41) is 11.0. The van der Waals surface area contributed by atoms with Gasteiger partial charge in [-0.3, -0.25) is 13.5 Å². The Balaban J connectivity index is 1.35. The van der Waals surface area contributed by atoms with Crippen LogP contribution in [0.25, 0.3) is 73.0 Å². The molecule has 0 unspecified atom stereocenters. The molecule has 9 aromatic rings. The van der Waals surface area contributed by atoms with Crippen molar-refractivity contribution in [1.29, 1.82) is 0 Å². The molecule has 0 fully saturated rings. The number of nitrogens with zero attached hydrogens (tertiary/aromatic N) is 5. The van der Waals surface area contributed by atoms with Crippen molar-refractivity contribution in [3.8, 4) is 50.9 Å². The molecule has 0 spiro atoms. The van der Waals surface area contributed by atoms with Gasteiger partial charge in [0.2, 0.25) is 5.78 Å². The van der Waals surface area contributed by atoms with Crippen LogP contribution in [0.2, 0.25) is 0 Å². The van der Waals surface area contributed by atoms with Gasteiger partial charge in [0.15, 0.2) is 0 Å². The summed E-state index contributed by atoms with van der Waals surface area (Å²) in [6, 6.07) is 49.6. The highest BCUT2D eigenvalue weighted by Gasteiger charge is 2.24. The number of imidazole rings is 3. The molecule has 6 aromatic carbocycles. The molecule has 3 heterocycles. The summed E-state index contributed by atoms with van der Waals surface area (Å²) in [6.07, 6.45) is 2.15. The Morgan fingerprint density at radius 3 is 1.96 bits per heavy atom. The Hall–Kier alpha value is -6.40. The average Bonchev–Trinajstić information content (AvgIpc) is 3.84. The average molecular weight is 650 g/mol. The summed E-state index contributed by atoms with van der Waals surface area (Å²) in [5.41, 5.74) is 11.8. The van der Waals surface area contributed by atoms with E-state index in [9.17, 15) is 5.11 Å². The van der Waals surface area contributed by atoms with Gasteiger partial charge in [0, 0.05) is 22.9 Å². The van der Waals surface area contributed by atoms with Gasteiger partial charge in [0.05, 0.1) is 33.6 Å². The number of hydrogen-bond donors (Lipinski definition) is 1. The van der Waals surface area contributed by atoms with E-state index < -0.39 is 0 Å². The minimum atomic E-state index is -0.0209. The second kappa shape index (κ2) is 11.3. The highest BCUT2D eigenvalue weighted by atomic mass is 16.3. The molecule has 0 bridgehead atoms. The minimum absolute atomic E-state index is 0.0209. The van der Waals surface area contributed by atoms with E-state index in [2.05, 4.69) is 127 Å². The molecule has 0 saturated heterocycles. The molecular formula is C44H35N5O. The van der Waals surface area contributed by atoms with Crippen LogP contribution in [0.1, 0.15) is 26.3 Å². The molecule has 6 heteroatoms. The van der Waals surface area contributed by atoms with Crippen LogP contribution in [-0.4, -0.2) is 28.6 Å². The Kier molecular flexibility index (Phi) is 6.74. The van der Waals surface area contributed by atoms with Crippen LogP contribution >= 0.6 is 0 Å². The summed E-state index contributed by atoms with van der Waals surface area (Å²) in [5.74, 6) is 1.71. The van der Waals surface area contributed by atoms with Crippen molar-refractivity contribution in [3.05, 3.63) is 157 Å². The second-order valence-electron chi connectivity index (χ2n) is 13.8. The number of phenolic OH excluding ortho intramolecular Hbond substituents is 1. The number of rotatable bonds is 5. The van der Waals surface area contributed by atoms with Crippen LogP contribution < -0.4 is 0 Å². The van der Waals surface area contributed by atoms with Crippen molar-refractivity contribution in [2.75, 3.05) is 0 Å². The van der Waals surface area contributed by atoms with E-state index in [0.29, 0.717) is 5.69 Å². The van der Waals surface area contributed by atoms with Gasteiger partial charge in [-0.1, -0.05) is 118 Å². The summed E-state index contributed by atoms with van der Waals surface area (Å²) in [6.45, 7) is 6.76. The quantitative estimate of drug-likeness (QED) is 0.202. The molecule has 0 amide bonds. The molecule has 0 radical (unpaired) electrons. The molecule has 242 valence electrons. The molecule has 6 nitrogen and oxygen atoms in total. The van der Waals surface area contributed by atoms with E-state index in [1.54, 1.807) is 6.07 Å². The number of aromatic nitrogens is 5. The van der Waals surface area contributed by atoms with Crippen molar-refractivity contribution in [2.24, 2.45) is 0 Å². The number of benzene rings is 6. The summed E-state index contributed by atoms with van der Waals surface area (Å²) in [7, 11) is 0. The first kappa shape index (κ1) is 29.7. The third-order valence-electron chi connectivity index (χ3n) is 9.58. The van der Waals surface area contributed by atoms with Crippen LogP contribution in [-0.2, 0) is 5.41 Å². The fraction of sp³-hybridized carbons (Fsp3) is 0.0909. The van der Waals surface area contributed by atoms with E-state index in [-0.39, 0.29) is 11.2 Å². The smallest absolute Gasteiger partial charge is 0.220 e. The van der Waals surface area contributed by atoms with Gasteiger partial charge in [-0.2, -0.15) is 0 Å². The first-order chi connectivity index (χ1) is 24.4. The van der Waals surface area contributed by atoms with Crippen LogP contribution in [0.15, 0.2) is 152 Å². The van der Waals surface area contributed by atoms with Gasteiger partial charge in [-0.25, -0.2) is 9.97 Å². The minimum Gasteiger partial charge on any atom is -0.506 e. The van der Waals surface area contributed by atoms with E-state index >= 15 is 0 Å². The van der Waals surface area contributed by atoms with Crippen LogP contribution in [0.4, 0.5) is 0 Å². The lowest BCUT2D eigenvalue weighted by molar-refractivity contribution is 0.473. The maximum absolute atomic E-state index is 11.0. The standard InChI is InChI=1S/C44H35N5O/c1-44(2,3)31-25-26-35(33(27-31)29-15-6-4-7-16-29)47-28-34(30-17-8-5-9-18-30)45-42(47)32-19-14-23-39-41(32)46-43-48(38-22-12-13-24-40(38)50)36-20-10-11-21-37(36)49(39)43/h4-28,50H,1-3H3. The fourth-order valence-electron chi connectivity index (χ4n) is 7.06. The lowest BCUT2D eigenvalue weighted by Crippen LogP contribution is -2.12. The molecular weight excluding hydrogens is 615 g/mol. The van der Waals surface area contributed by atoms with Crippen molar-refractivity contribution in [3.63, 3.8) is 0 Å². The predicted octanol–water partition coefficient (Wildman–Crippen LogP) is 10.6. The zero-order chi connectivity index (χ0) is 34.0. The van der Waals surface area contributed by atoms with Gasteiger partial charge in [-0.15, -0.1) is 0 Å². The first-order valence-corrected chi connectivity index (χ1v) is 16.9. The normalized spacial score (nSPS) is 12.0. The number of phenols is 1. The third kappa shape index (κ3) is 4.71. The fourth-order valence-corrected chi connectivity index (χ4v) is 7.06. The van der Waals surface area contributed by atoms with E-state index in [1.807, 2.05) is 53.1 Å². The molecule has 1 N–H and O–H groups in total. The lowest BCUT2D eigenvalue weighted by atomic mass is 9.85. The Morgan fingerprint density at radius 2 is 1.22 bits per heavy atom. The highest BCUT2D eigenvalue weighted by molar-refractivity contribution is 5.98. The Morgan fingerprint density at radius 1 is 0.560 bits per heavy atom. The van der Waals surface area contributed by atoms with E-state index in [4.69, 9.17) is 9.97 Å². The van der Waals surface area contributed by atoms with Gasteiger partial charge >= 0.3 is 0 Å². The zero-order valence-corrected chi connectivity index (χ0v) is 28.1. The van der Waals surface area contributed by atoms with Crippen LogP contribution in [0.5, 0.6) is 5.75 Å². The largest absolute Gasteiger partial charge is 0.506 e. The number of aromatic hydroxyl groups is 1. The number of fused-ring (bicyclic) bond motifs is 5. The second-order valence-corrected chi connectivity index (χ2v) is 13.8.